The number of likely N-dealkylation sites (N-methyl/N-ethyl adjacent to an activating group) is 1. The van der Waals surface area contributed by atoms with Gasteiger partial charge in [-0.2, -0.15) is 9.57 Å². The summed E-state index contributed by atoms with van der Waals surface area (Å²) in [6.07, 6.45) is 0. The van der Waals surface area contributed by atoms with Crippen molar-refractivity contribution < 1.29 is 13.2 Å². The maximum atomic E-state index is 13.2. The van der Waals surface area contributed by atoms with Gasteiger partial charge in [0.05, 0.1) is 16.7 Å². The molecule has 2 aromatic carbocycles. The minimum Gasteiger partial charge on any atom is -0.454 e. The zero-order chi connectivity index (χ0) is 19.6. The summed E-state index contributed by atoms with van der Waals surface area (Å²) in [5, 5.41) is 9.90. The Balaban J connectivity index is 2.03. The molecule has 27 heavy (non-hydrogen) atoms. The lowest BCUT2D eigenvalue weighted by Gasteiger charge is -2.31. The third-order valence-corrected chi connectivity index (χ3v) is 6.73. The molecule has 2 aromatic rings. The van der Waals surface area contributed by atoms with Crippen molar-refractivity contribution >= 4 is 33.2 Å². The van der Waals surface area contributed by atoms with Crippen molar-refractivity contribution in [2.75, 3.05) is 33.2 Å². The van der Waals surface area contributed by atoms with Crippen LogP contribution in [-0.2, 0) is 10.0 Å². The van der Waals surface area contributed by atoms with Crippen LogP contribution in [0.4, 0.5) is 0 Å². The first-order valence-electron chi connectivity index (χ1n) is 8.17. The second-order valence-corrected chi connectivity index (χ2v) is 8.91. The van der Waals surface area contributed by atoms with E-state index in [9.17, 15) is 13.7 Å². The Morgan fingerprint density at radius 2 is 1.74 bits per heavy atom. The first-order chi connectivity index (χ1) is 12.8. The molecule has 0 saturated carbocycles. The van der Waals surface area contributed by atoms with Crippen LogP contribution in [0.3, 0.4) is 0 Å². The van der Waals surface area contributed by atoms with Crippen LogP contribution < -0.4 is 4.74 Å². The van der Waals surface area contributed by atoms with Gasteiger partial charge in [0.2, 0.25) is 10.0 Å². The van der Waals surface area contributed by atoms with Gasteiger partial charge >= 0.3 is 0 Å². The van der Waals surface area contributed by atoms with E-state index in [2.05, 4.69) is 4.90 Å². The van der Waals surface area contributed by atoms with E-state index in [4.69, 9.17) is 27.9 Å². The number of rotatable bonds is 4. The van der Waals surface area contributed by atoms with Crippen molar-refractivity contribution in [3.8, 4) is 17.6 Å². The standard InChI is InChI=1S/C18H17Cl2N3O3S/c1-22-6-8-23(9-7-22)27(24,25)18-10-13(12-21)2-5-16(18)26-17-11-14(19)3-4-15(17)20/h2-5,10-11H,6-9H2,1H3. The summed E-state index contributed by atoms with van der Waals surface area (Å²) >= 11 is 12.1. The summed E-state index contributed by atoms with van der Waals surface area (Å²) in [5.74, 6) is 0.334. The normalized spacial score (nSPS) is 16.1. The van der Waals surface area contributed by atoms with Crippen LogP contribution in [0.15, 0.2) is 41.3 Å². The fourth-order valence-electron chi connectivity index (χ4n) is 2.70. The molecule has 0 bridgehead atoms. The molecule has 142 valence electrons. The predicted molar refractivity (Wildman–Crippen MR) is 104 cm³/mol. The summed E-state index contributed by atoms with van der Waals surface area (Å²) in [4.78, 5) is 1.99. The number of hydrogen-bond donors (Lipinski definition) is 0. The van der Waals surface area contributed by atoms with Gasteiger partial charge in [-0.15, -0.1) is 0 Å². The molecule has 0 amide bonds. The van der Waals surface area contributed by atoms with Gasteiger partial charge in [0, 0.05) is 37.3 Å². The largest absolute Gasteiger partial charge is 0.454 e. The van der Waals surface area contributed by atoms with Crippen LogP contribution in [0.25, 0.3) is 0 Å². The fourth-order valence-corrected chi connectivity index (χ4v) is 4.59. The van der Waals surface area contributed by atoms with Crippen molar-refractivity contribution in [1.29, 1.82) is 5.26 Å². The molecule has 3 rings (SSSR count). The van der Waals surface area contributed by atoms with Crippen molar-refractivity contribution in [2.24, 2.45) is 0 Å². The monoisotopic (exact) mass is 425 g/mol. The molecular weight excluding hydrogens is 409 g/mol. The molecule has 0 atom stereocenters. The van der Waals surface area contributed by atoms with Gasteiger partial charge in [0.25, 0.3) is 0 Å². The zero-order valence-corrected chi connectivity index (χ0v) is 16.9. The highest BCUT2D eigenvalue weighted by Gasteiger charge is 2.31. The van der Waals surface area contributed by atoms with Crippen LogP contribution in [0.5, 0.6) is 11.5 Å². The van der Waals surface area contributed by atoms with Crippen LogP contribution >= 0.6 is 23.2 Å². The Kier molecular flexibility index (Phi) is 5.94. The van der Waals surface area contributed by atoms with Crippen molar-refractivity contribution in [2.45, 2.75) is 4.90 Å². The summed E-state index contributed by atoms with van der Waals surface area (Å²) < 4.78 is 33.5. The number of hydrogen-bond acceptors (Lipinski definition) is 5. The molecule has 1 aliphatic rings. The van der Waals surface area contributed by atoms with Gasteiger partial charge in [-0.25, -0.2) is 8.42 Å². The Morgan fingerprint density at radius 1 is 1.04 bits per heavy atom. The number of halogens is 2. The highest BCUT2D eigenvalue weighted by molar-refractivity contribution is 7.89. The van der Waals surface area contributed by atoms with E-state index in [1.807, 2.05) is 13.1 Å². The quantitative estimate of drug-likeness (QED) is 0.747. The number of ether oxygens (including phenoxy) is 1. The maximum absolute atomic E-state index is 13.2. The van der Waals surface area contributed by atoms with Crippen LogP contribution in [0.1, 0.15) is 5.56 Å². The zero-order valence-electron chi connectivity index (χ0n) is 14.5. The summed E-state index contributed by atoms with van der Waals surface area (Å²) in [5.41, 5.74) is 0.229. The molecule has 1 fully saturated rings. The summed E-state index contributed by atoms with van der Waals surface area (Å²) in [6, 6.07) is 10.9. The van der Waals surface area contributed by atoms with Gasteiger partial charge in [0.15, 0.2) is 0 Å². The highest BCUT2D eigenvalue weighted by Crippen LogP contribution is 2.36. The Bertz CT molecular complexity index is 997. The maximum Gasteiger partial charge on any atom is 0.246 e. The molecule has 6 nitrogen and oxygen atoms in total. The fraction of sp³-hybridized carbons (Fsp3) is 0.278. The third-order valence-electron chi connectivity index (χ3n) is 4.27. The second-order valence-electron chi connectivity index (χ2n) is 6.16. The van der Waals surface area contributed by atoms with Gasteiger partial charge < -0.3 is 9.64 Å². The average molecular weight is 426 g/mol. The van der Waals surface area contributed by atoms with E-state index in [0.29, 0.717) is 36.2 Å². The van der Waals surface area contributed by atoms with Gasteiger partial charge in [0.1, 0.15) is 16.4 Å². The van der Waals surface area contributed by atoms with Crippen molar-refractivity contribution in [3.05, 3.63) is 52.0 Å². The van der Waals surface area contributed by atoms with Gasteiger partial charge in [-0.3, -0.25) is 0 Å². The smallest absolute Gasteiger partial charge is 0.246 e. The molecule has 0 unspecified atom stereocenters. The minimum absolute atomic E-state index is 0.0675. The minimum atomic E-state index is -3.84. The number of sulfonamides is 1. The first-order valence-corrected chi connectivity index (χ1v) is 10.4. The molecule has 1 saturated heterocycles. The molecular formula is C18H17Cl2N3O3S. The van der Waals surface area contributed by atoms with Crippen LogP contribution in [0.2, 0.25) is 10.0 Å². The topological polar surface area (TPSA) is 73.6 Å². The second kappa shape index (κ2) is 8.05. The lowest BCUT2D eigenvalue weighted by molar-refractivity contribution is 0.222. The number of nitrogens with zero attached hydrogens (tertiary/aromatic N) is 3. The highest BCUT2D eigenvalue weighted by atomic mass is 35.5. The van der Waals surface area contributed by atoms with E-state index >= 15 is 0 Å². The molecule has 0 aromatic heterocycles. The third kappa shape index (κ3) is 4.37. The SMILES string of the molecule is CN1CCN(S(=O)(=O)c2cc(C#N)ccc2Oc2cc(Cl)ccc2Cl)CC1. The number of benzene rings is 2. The Labute approximate surface area is 168 Å². The molecule has 0 N–H and O–H groups in total. The molecule has 9 heteroatoms. The van der Waals surface area contributed by atoms with Crippen LogP contribution in [-0.4, -0.2) is 50.8 Å². The van der Waals surface area contributed by atoms with Crippen molar-refractivity contribution in [3.63, 3.8) is 0 Å². The van der Waals surface area contributed by atoms with E-state index in [-0.39, 0.29) is 22.0 Å². The number of piperazine rings is 1. The molecule has 1 heterocycles. The lowest BCUT2D eigenvalue weighted by Crippen LogP contribution is -2.47. The van der Waals surface area contributed by atoms with Crippen LogP contribution in [0, 0.1) is 11.3 Å². The van der Waals surface area contributed by atoms with E-state index in [1.54, 1.807) is 12.1 Å². The van der Waals surface area contributed by atoms with Crippen molar-refractivity contribution in [1.82, 2.24) is 9.21 Å². The van der Waals surface area contributed by atoms with Gasteiger partial charge in [-0.05, 0) is 37.4 Å². The molecule has 0 aliphatic carbocycles. The average Bonchev–Trinajstić information content (AvgIpc) is 2.65. The first kappa shape index (κ1) is 19.9. The molecule has 0 radical (unpaired) electrons. The number of nitriles is 1. The lowest BCUT2D eigenvalue weighted by atomic mass is 10.2. The molecule has 1 aliphatic heterocycles. The molecule has 0 spiro atoms. The van der Waals surface area contributed by atoms with E-state index in [0.717, 1.165) is 0 Å². The van der Waals surface area contributed by atoms with E-state index in [1.165, 1.54) is 28.6 Å². The Hall–Kier alpha value is -1.82. The van der Waals surface area contributed by atoms with E-state index < -0.39 is 10.0 Å². The van der Waals surface area contributed by atoms with Gasteiger partial charge in [-0.1, -0.05) is 23.2 Å². The Morgan fingerprint density at radius 3 is 2.41 bits per heavy atom. The summed E-state index contributed by atoms with van der Waals surface area (Å²) in [6.45, 7) is 2.00. The predicted octanol–water partition coefficient (Wildman–Crippen LogP) is 3.59. The summed E-state index contributed by atoms with van der Waals surface area (Å²) in [7, 11) is -1.90.